The van der Waals surface area contributed by atoms with E-state index >= 15 is 0 Å². The van der Waals surface area contributed by atoms with Crippen LogP contribution in [0.1, 0.15) is 19.8 Å². The van der Waals surface area contributed by atoms with Crippen molar-refractivity contribution in [1.29, 1.82) is 0 Å². The minimum atomic E-state index is -0.239. The van der Waals surface area contributed by atoms with Crippen molar-refractivity contribution in [1.82, 2.24) is 10.3 Å². The van der Waals surface area contributed by atoms with E-state index in [9.17, 15) is 9.90 Å². The Hall–Kier alpha value is -0.650. The van der Waals surface area contributed by atoms with Gasteiger partial charge in [0.15, 0.2) is 0 Å². The molecule has 5 heteroatoms. The second-order valence-electron chi connectivity index (χ2n) is 3.97. The van der Waals surface area contributed by atoms with Gasteiger partial charge >= 0.3 is 0 Å². The highest BCUT2D eigenvalue weighted by Crippen LogP contribution is 2.11. The number of hydrogen-bond acceptors (Lipinski definition) is 4. The lowest BCUT2D eigenvalue weighted by Crippen LogP contribution is -2.44. The Labute approximate surface area is 84.2 Å². The van der Waals surface area contributed by atoms with Crippen molar-refractivity contribution in [3.8, 4) is 0 Å². The van der Waals surface area contributed by atoms with Gasteiger partial charge in [-0.15, -0.1) is 0 Å². The van der Waals surface area contributed by atoms with Crippen molar-refractivity contribution >= 4 is 5.91 Å². The van der Waals surface area contributed by atoms with E-state index in [1.165, 1.54) is 0 Å². The average molecular weight is 201 g/mol. The minimum Gasteiger partial charge on any atom is -0.392 e. The van der Waals surface area contributed by atoms with Crippen LogP contribution >= 0.6 is 0 Å². The first-order valence-electron chi connectivity index (χ1n) is 5.04. The van der Waals surface area contributed by atoms with Crippen LogP contribution in [-0.2, 0) is 4.79 Å². The summed E-state index contributed by atoms with van der Waals surface area (Å²) in [5.41, 5.74) is 2.14. The molecular formula is C9H19N3O2. The van der Waals surface area contributed by atoms with Crippen LogP contribution in [0.15, 0.2) is 0 Å². The number of aliphatic hydroxyl groups excluding tert-OH is 1. The molecule has 0 aliphatic carbocycles. The average Bonchev–Trinajstić information content (AvgIpc) is 2.16. The molecular weight excluding hydrogens is 182 g/mol. The van der Waals surface area contributed by atoms with E-state index in [0.29, 0.717) is 13.1 Å². The molecule has 14 heavy (non-hydrogen) atoms. The van der Waals surface area contributed by atoms with Gasteiger partial charge in [0.1, 0.15) is 0 Å². The van der Waals surface area contributed by atoms with Crippen LogP contribution in [0, 0.1) is 5.92 Å². The van der Waals surface area contributed by atoms with Crippen molar-refractivity contribution in [3.05, 3.63) is 0 Å². The van der Waals surface area contributed by atoms with E-state index in [2.05, 4.69) is 10.3 Å². The van der Waals surface area contributed by atoms with Crippen LogP contribution in [0.3, 0.4) is 0 Å². The summed E-state index contributed by atoms with van der Waals surface area (Å²) in [6, 6.07) is 0. The van der Waals surface area contributed by atoms with E-state index in [4.69, 9.17) is 5.84 Å². The summed E-state index contributed by atoms with van der Waals surface area (Å²) in [4.78, 5) is 13.2. The molecule has 2 unspecified atom stereocenters. The molecule has 1 aliphatic heterocycles. The van der Waals surface area contributed by atoms with E-state index in [1.54, 1.807) is 0 Å². The fraction of sp³-hybridized carbons (Fsp3) is 0.889. The topological polar surface area (TPSA) is 78.6 Å². The number of nitrogens with one attached hydrogen (secondary N) is 1. The van der Waals surface area contributed by atoms with Crippen molar-refractivity contribution in [2.45, 2.75) is 25.9 Å². The van der Waals surface area contributed by atoms with Crippen LogP contribution in [0.5, 0.6) is 0 Å². The number of carbonyl (C=O) groups is 1. The highest BCUT2D eigenvalue weighted by Gasteiger charge is 2.21. The van der Waals surface area contributed by atoms with Gasteiger partial charge in [-0.25, -0.2) is 5.84 Å². The normalized spacial score (nSPS) is 25.8. The summed E-state index contributed by atoms with van der Waals surface area (Å²) in [5, 5.41) is 9.42. The van der Waals surface area contributed by atoms with Gasteiger partial charge in [0.25, 0.3) is 0 Å². The Morgan fingerprint density at radius 2 is 2.50 bits per heavy atom. The maximum Gasteiger partial charge on any atom is 0.237 e. The third-order valence-electron chi connectivity index (χ3n) is 2.60. The van der Waals surface area contributed by atoms with Gasteiger partial charge in [0.05, 0.1) is 6.10 Å². The van der Waals surface area contributed by atoms with Gasteiger partial charge in [-0.1, -0.05) is 6.92 Å². The van der Waals surface area contributed by atoms with Gasteiger partial charge in [0, 0.05) is 19.0 Å². The molecule has 1 saturated heterocycles. The third kappa shape index (κ3) is 3.25. The van der Waals surface area contributed by atoms with Crippen molar-refractivity contribution < 1.29 is 9.90 Å². The Morgan fingerprint density at radius 3 is 3.07 bits per heavy atom. The molecule has 0 aromatic heterocycles. The lowest BCUT2D eigenvalue weighted by atomic mass is 10.1. The van der Waals surface area contributed by atoms with Crippen LogP contribution in [0.25, 0.3) is 0 Å². The lowest BCUT2D eigenvalue weighted by Gasteiger charge is -2.31. The number of hydrazine groups is 1. The first-order chi connectivity index (χ1) is 6.63. The summed E-state index contributed by atoms with van der Waals surface area (Å²) >= 11 is 0. The number of aliphatic hydroxyl groups is 1. The van der Waals surface area contributed by atoms with E-state index in [0.717, 1.165) is 19.4 Å². The minimum absolute atomic E-state index is 0.120. The predicted molar refractivity (Wildman–Crippen MR) is 53.2 cm³/mol. The molecule has 0 radical (unpaired) electrons. The van der Waals surface area contributed by atoms with Gasteiger partial charge < -0.3 is 5.11 Å². The van der Waals surface area contributed by atoms with Crippen LogP contribution in [0.4, 0.5) is 0 Å². The molecule has 5 nitrogen and oxygen atoms in total. The number of carbonyl (C=O) groups excluding carboxylic acids is 1. The molecule has 4 N–H and O–H groups in total. The Bertz CT molecular complexity index is 198. The highest BCUT2D eigenvalue weighted by molar-refractivity contribution is 5.77. The number of rotatable bonds is 3. The van der Waals surface area contributed by atoms with E-state index in [-0.39, 0.29) is 17.9 Å². The Morgan fingerprint density at radius 1 is 1.79 bits per heavy atom. The molecule has 1 rings (SSSR count). The van der Waals surface area contributed by atoms with E-state index < -0.39 is 0 Å². The van der Waals surface area contributed by atoms with Crippen molar-refractivity contribution in [2.24, 2.45) is 11.8 Å². The molecule has 1 aliphatic rings. The maximum atomic E-state index is 11.1. The second-order valence-corrected chi connectivity index (χ2v) is 3.97. The maximum absolute atomic E-state index is 11.1. The summed E-state index contributed by atoms with van der Waals surface area (Å²) < 4.78 is 0. The highest BCUT2D eigenvalue weighted by atomic mass is 16.3. The summed E-state index contributed by atoms with van der Waals surface area (Å²) in [6.07, 6.45) is 1.63. The zero-order chi connectivity index (χ0) is 10.6. The quantitative estimate of drug-likeness (QED) is 0.313. The number of piperidine rings is 1. The third-order valence-corrected chi connectivity index (χ3v) is 2.60. The standard InChI is InChI=1S/C9H19N3O2/c1-7(9(14)11-10)5-12-4-2-3-8(13)6-12/h7-8,13H,2-6,10H2,1H3,(H,11,14). The zero-order valence-electron chi connectivity index (χ0n) is 8.57. The monoisotopic (exact) mass is 201 g/mol. The summed E-state index contributed by atoms with van der Waals surface area (Å²) in [6.45, 7) is 4.13. The fourth-order valence-electron chi connectivity index (χ4n) is 1.81. The van der Waals surface area contributed by atoms with Crippen LogP contribution in [0.2, 0.25) is 0 Å². The largest absolute Gasteiger partial charge is 0.392 e. The molecule has 0 bridgehead atoms. The lowest BCUT2D eigenvalue weighted by molar-refractivity contribution is -0.125. The number of hydrogen-bond donors (Lipinski definition) is 3. The number of nitrogens with two attached hydrogens (primary N) is 1. The molecule has 0 saturated carbocycles. The van der Waals surface area contributed by atoms with Gasteiger partial charge in [-0.2, -0.15) is 0 Å². The predicted octanol–water partition coefficient (Wildman–Crippen LogP) is -0.931. The number of likely N-dealkylation sites (tertiary alicyclic amines) is 1. The molecule has 1 amide bonds. The Kier molecular flexibility index (Phi) is 4.31. The van der Waals surface area contributed by atoms with Crippen molar-refractivity contribution in [2.75, 3.05) is 19.6 Å². The number of amides is 1. The first kappa shape index (κ1) is 11.4. The second kappa shape index (κ2) is 5.29. The van der Waals surface area contributed by atoms with Gasteiger partial charge in [0.2, 0.25) is 5.91 Å². The SMILES string of the molecule is CC(CN1CCCC(O)C1)C(=O)NN. The van der Waals surface area contributed by atoms with Crippen LogP contribution in [-0.4, -0.2) is 41.7 Å². The zero-order valence-corrected chi connectivity index (χ0v) is 8.57. The van der Waals surface area contributed by atoms with Crippen molar-refractivity contribution in [3.63, 3.8) is 0 Å². The van der Waals surface area contributed by atoms with E-state index in [1.807, 2.05) is 6.92 Å². The first-order valence-corrected chi connectivity index (χ1v) is 5.04. The Balaban J connectivity index is 2.32. The molecule has 0 aromatic carbocycles. The molecule has 82 valence electrons. The van der Waals surface area contributed by atoms with Gasteiger partial charge in [-0.05, 0) is 19.4 Å². The molecule has 2 atom stereocenters. The molecule has 1 heterocycles. The molecule has 0 spiro atoms. The number of β-amino-alcohol motifs (C(OH)–C–C–N with tert-alkyl or cyclic N) is 1. The molecule has 0 aromatic rings. The number of nitrogens with zero attached hydrogens (tertiary/aromatic N) is 1. The smallest absolute Gasteiger partial charge is 0.237 e. The summed E-state index contributed by atoms with van der Waals surface area (Å²) in [5.74, 6) is 4.77. The van der Waals surface area contributed by atoms with Gasteiger partial charge in [-0.3, -0.25) is 15.1 Å². The molecule has 1 fully saturated rings. The fourth-order valence-corrected chi connectivity index (χ4v) is 1.81. The summed E-state index contributed by atoms with van der Waals surface area (Å²) in [7, 11) is 0. The van der Waals surface area contributed by atoms with Crippen LogP contribution < -0.4 is 11.3 Å².